The van der Waals surface area contributed by atoms with Crippen LogP contribution in [0.25, 0.3) is 0 Å². The molecule has 21 heavy (non-hydrogen) atoms. The van der Waals surface area contributed by atoms with Gasteiger partial charge in [-0.15, -0.1) is 0 Å². The Morgan fingerprint density at radius 2 is 1.71 bits per heavy atom. The van der Waals surface area contributed by atoms with E-state index < -0.39 is 6.10 Å². The number of anilines is 1. The van der Waals surface area contributed by atoms with Crippen molar-refractivity contribution in [2.24, 2.45) is 0 Å². The second kappa shape index (κ2) is 8.06. The smallest absolute Gasteiger partial charge is 0.0964 e. The summed E-state index contributed by atoms with van der Waals surface area (Å²) in [5.74, 6) is 0. The third-order valence-electron chi connectivity index (χ3n) is 3.55. The zero-order valence-electron chi connectivity index (χ0n) is 12.4. The molecule has 3 heteroatoms. The van der Waals surface area contributed by atoms with Gasteiger partial charge in [0, 0.05) is 23.8 Å². The predicted molar refractivity (Wildman–Crippen MR) is 90.0 cm³/mol. The van der Waals surface area contributed by atoms with Crippen LogP contribution in [-0.2, 0) is 0 Å². The summed E-state index contributed by atoms with van der Waals surface area (Å²) in [4.78, 5) is 2.24. The molecule has 0 spiro atoms. The molecule has 2 aromatic carbocycles. The average molecular weight is 304 g/mol. The van der Waals surface area contributed by atoms with Gasteiger partial charge in [-0.2, -0.15) is 0 Å². The minimum Gasteiger partial charge on any atom is -0.387 e. The summed E-state index contributed by atoms with van der Waals surface area (Å²) >= 11 is 5.89. The van der Waals surface area contributed by atoms with Crippen LogP contribution in [0.15, 0.2) is 54.6 Å². The van der Waals surface area contributed by atoms with Crippen molar-refractivity contribution in [2.45, 2.75) is 25.9 Å². The Kier molecular flexibility index (Phi) is 6.09. The Labute approximate surface area is 132 Å². The Morgan fingerprint density at radius 3 is 2.33 bits per heavy atom. The number of aliphatic hydroxyl groups excluding tert-OH is 1. The summed E-state index contributed by atoms with van der Waals surface area (Å²) in [6.07, 6.45) is 1.74. The molecule has 2 rings (SSSR count). The van der Waals surface area contributed by atoms with Crippen molar-refractivity contribution in [1.82, 2.24) is 0 Å². The predicted octanol–water partition coefficient (Wildman–Crippen LogP) is 4.68. The quantitative estimate of drug-likeness (QED) is 0.803. The number of hydrogen-bond donors (Lipinski definition) is 1. The Bertz CT molecular complexity index is 527. The zero-order chi connectivity index (χ0) is 15.1. The zero-order valence-corrected chi connectivity index (χ0v) is 13.1. The number of nitrogens with zero attached hydrogens (tertiary/aromatic N) is 1. The van der Waals surface area contributed by atoms with Crippen molar-refractivity contribution in [3.63, 3.8) is 0 Å². The van der Waals surface area contributed by atoms with Crippen molar-refractivity contribution in [3.8, 4) is 0 Å². The lowest BCUT2D eigenvalue weighted by Crippen LogP contribution is -2.29. The van der Waals surface area contributed by atoms with Gasteiger partial charge >= 0.3 is 0 Å². The van der Waals surface area contributed by atoms with Gasteiger partial charge in [0.25, 0.3) is 0 Å². The lowest BCUT2D eigenvalue weighted by Gasteiger charge is -2.27. The molecule has 0 fully saturated rings. The second-order valence-electron chi connectivity index (χ2n) is 5.20. The third kappa shape index (κ3) is 4.76. The summed E-state index contributed by atoms with van der Waals surface area (Å²) in [6.45, 7) is 3.72. The first-order valence-corrected chi connectivity index (χ1v) is 7.82. The first kappa shape index (κ1) is 15.9. The summed E-state index contributed by atoms with van der Waals surface area (Å²) in [5.41, 5.74) is 2.05. The van der Waals surface area contributed by atoms with Crippen LogP contribution in [0.4, 0.5) is 5.69 Å². The highest BCUT2D eigenvalue weighted by atomic mass is 35.5. The van der Waals surface area contributed by atoms with Gasteiger partial charge in [-0.05, 0) is 36.2 Å². The fraction of sp³-hybridized carbons (Fsp3) is 0.333. The number of rotatable bonds is 7. The van der Waals surface area contributed by atoms with Gasteiger partial charge < -0.3 is 10.0 Å². The van der Waals surface area contributed by atoms with E-state index in [0.29, 0.717) is 11.6 Å². The molecule has 0 amide bonds. The molecule has 0 saturated heterocycles. The van der Waals surface area contributed by atoms with Gasteiger partial charge in [-0.3, -0.25) is 0 Å². The average Bonchev–Trinajstić information content (AvgIpc) is 2.52. The first-order valence-electron chi connectivity index (χ1n) is 7.44. The fourth-order valence-electron chi connectivity index (χ4n) is 2.31. The molecule has 0 bridgehead atoms. The maximum atomic E-state index is 10.5. The number of hydrogen-bond acceptors (Lipinski definition) is 2. The minimum absolute atomic E-state index is 0.515. The van der Waals surface area contributed by atoms with Crippen molar-refractivity contribution in [1.29, 1.82) is 0 Å². The van der Waals surface area contributed by atoms with E-state index in [4.69, 9.17) is 11.6 Å². The molecule has 2 aromatic rings. The summed E-state index contributed by atoms with van der Waals surface area (Å²) in [6, 6.07) is 17.7. The van der Waals surface area contributed by atoms with Crippen molar-refractivity contribution in [2.75, 3.05) is 18.0 Å². The highest BCUT2D eigenvalue weighted by Gasteiger charge is 2.13. The van der Waals surface area contributed by atoms with Gasteiger partial charge in [0.1, 0.15) is 0 Å². The van der Waals surface area contributed by atoms with Crippen LogP contribution in [0, 0.1) is 0 Å². The second-order valence-corrected chi connectivity index (χ2v) is 5.64. The van der Waals surface area contributed by atoms with E-state index in [9.17, 15) is 5.11 Å². The van der Waals surface area contributed by atoms with E-state index in [-0.39, 0.29) is 0 Å². The molecule has 0 aromatic heterocycles. The monoisotopic (exact) mass is 303 g/mol. The molecule has 2 nitrogen and oxygen atoms in total. The van der Waals surface area contributed by atoms with Crippen LogP contribution >= 0.6 is 11.6 Å². The maximum absolute atomic E-state index is 10.5. The molecule has 0 heterocycles. The van der Waals surface area contributed by atoms with E-state index in [1.165, 1.54) is 0 Å². The molecular formula is C18H22ClNO. The summed E-state index contributed by atoms with van der Waals surface area (Å²) in [5, 5.41) is 11.1. The molecule has 1 N–H and O–H groups in total. The van der Waals surface area contributed by atoms with Gasteiger partial charge in [-0.25, -0.2) is 0 Å². The molecule has 0 saturated carbocycles. The molecule has 0 radical (unpaired) electrons. The molecule has 0 aliphatic heterocycles. The standard InChI is InChI=1S/C18H22ClNO/c1-2-3-13-20(17-7-5-4-6-8-17)14-18(21)15-9-11-16(19)12-10-15/h4-12,18,21H,2-3,13-14H2,1H3. The van der Waals surface area contributed by atoms with E-state index in [0.717, 1.165) is 30.6 Å². The van der Waals surface area contributed by atoms with Gasteiger partial charge in [0.05, 0.1) is 6.10 Å². The van der Waals surface area contributed by atoms with Crippen molar-refractivity contribution in [3.05, 3.63) is 65.2 Å². The minimum atomic E-state index is -0.515. The lowest BCUT2D eigenvalue weighted by molar-refractivity contribution is 0.183. The largest absolute Gasteiger partial charge is 0.387 e. The van der Waals surface area contributed by atoms with Crippen LogP contribution in [0.2, 0.25) is 5.02 Å². The van der Waals surface area contributed by atoms with Crippen LogP contribution in [0.5, 0.6) is 0 Å². The first-order chi connectivity index (χ1) is 10.2. The molecule has 1 unspecified atom stereocenters. The third-order valence-corrected chi connectivity index (χ3v) is 3.80. The summed E-state index contributed by atoms with van der Waals surface area (Å²) in [7, 11) is 0. The summed E-state index contributed by atoms with van der Waals surface area (Å²) < 4.78 is 0. The van der Waals surface area contributed by atoms with E-state index in [1.807, 2.05) is 42.5 Å². The van der Waals surface area contributed by atoms with E-state index >= 15 is 0 Å². The van der Waals surface area contributed by atoms with Crippen LogP contribution < -0.4 is 4.90 Å². The molecule has 0 aliphatic rings. The molecule has 0 aliphatic carbocycles. The van der Waals surface area contributed by atoms with Crippen LogP contribution in [-0.4, -0.2) is 18.2 Å². The highest BCUT2D eigenvalue weighted by molar-refractivity contribution is 6.30. The molecular weight excluding hydrogens is 282 g/mol. The van der Waals surface area contributed by atoms with Crippen LogP contribution in [0.1, 0.15) is 31.4 Å². The maximum Gasteiger partial charge on any atom is 0.0964 e. The normalized spacial score (nSPS) is 12.1. The van der Waals surface area contributed by atoms with E-state index in [2.05, 4.69) is 24.0 Å². The topological polar surface area (TPSA) is 23.5 Å². The van der Waals surface area contributed by atoms with Gasteiger partial charge in [-0.1, -0.05) is 55.3 Å². The van der Waals surface area contributed by atoms with E-state index in [1.54, 1.807) is 0 Å². The number of para-hydroxylation sites is 1. The highest BCUT2D eigenvalue weighted by Crippen LogP contribution is 2.21. The Hall–Kier alpha value is -1.51. The molecule has 112 valence electrons. The van der Waals surface area contributed by atoms with Crippen LogP contribution in [0.3, 0.4) is 0 Å². The number of benzene rings is 2. The van der Waals surface area contributed by atoms with Gasteiger partial charge in [0.2, 0.25) is 0 Å². The Balaban J connectivity index is 2.09. The Morgan fingerprint density at radius 1 is 1.05 bits per heavy atom. The van der Waals surface area contributed by atoms with Crippen molar-refractivity contribution >= 4 is 17.3 Å². The fourth-order valence-corrected chi connectivity index (χ4v) is 2.44. The number of halogens is 1. The van der Waals surface area contributed by atoms with Crippen molar-refractivity contribution < 1.29 is 5.11 Å². The lowest BCUT2D eigenvalue weighted by atomic mass is 10.1. The number of aliphatic hydroxyl groups is 1. The number of unbranched alkanes of at least 4 members (excludes halogenated alkanes) is 1. The molecule has 1 atom stereocenters. The SMILES string of the molecule is CCCCN(CC(O)c1ccc(Cl)cc1)c1ccccc1. The van der Waals surface area contributed by atoms with Gasteiger partial charge in [0.15, 0.2) is 0 Å².